The summed E-state index contributed by atoms with van der Waals surface area (Å²) >= 11 is 0. The summed E-state index contributed by atoms with van der Waals surface area (Å²) in [5.74, 6) is -0.891. The Labute approximate surface area is 134 Å². The van der Waals surface area contributed by atoms with Crippen LogP contribution in [0, 0.1) is 0 Å². The number of carboxylic acids is 1. The molecular weight excluding hydrogens is 288 g/mol. The lowest BCUT2D eigenvalue weighted by molar-refractivity contribution is 0.0697. The standard InChI is InChI=1S/C19H18N2O2/c22-19(23)14-7-6-13-8-11-21-10-3-5-17(21)18(15(13)12-14)16-4-1-2-9-20-16/h3,5-8,10-12,20H,1-2,4,9H2,(H,22,23)/b18-16+. The molecule has 4 heteroatoms. The van der Waals surface area contributed by atoms with E-state index < -0.39 is 5.97 Å². The van der Waals surface area contributed by atoms with Gasteiger partial charge in [-0.2, -0.15) is 0 Å². The number of rotatable bonds is 1. The molecule has 0 atom stereocenters. The second-order valence-electron chi connectivity index (χ2n) is 5.96. The van der Waals surface area contributed by atoms with Gasteiger partial charge in [0, 0.05) is 30.2 Å². The number of benzene rings is 1. The van der Waals surface area contributed by atoms with Crippen molar-refractivity contribution in [3.05, 3.63) is 64.6 Å². The van der Waals surface area contributed by atoms with Gasteiger partial charge in [0.2, 0.25) is 0 Å². The van der Waals surface area contributed by atoms with Crippen LogP contribution >= 0.6 is 0 Å². The van der Waals surface area contributed by atoms with Crippen LogP contribution in [0.2, 0.25) is 0 Å². The number of aromatic nitrogens is 1. The molecule has 1 aromatic carbocycles. The molecule has 1 fully saturated rings. The van der Waals surface area contributed by atoms with Gasteiger partial charge >= 0.3 is 5.97 Å². The van der Waals surface area contributed by atoms with Crippen LogP contribution in [0.5, 0.6) is 0 Å². The third-order valence-electron chi connectivity index (χ3n) is 4.51. The van der Waals surface area contributed by atoms with Crippen LogP contribution in [0.3, 0.4) is 0 Å². The lowest BCUT2D eigenvalue weighted by Crippen LogP contribution is -2.22. The molecule has 4 nitrogen and oxygen atoms in total. The van der Waals surface area contributed by atoms with Crippen molar-refractivity contribution in [2.75, 3.05) is 6.54 Å². The minimum atomic E-state index is -0.891. The highest BCUT2D eigenvalue weighted by Gasteiger charge is 2.21. The van der Waals surface area contributed by atoms with Gasteiger partial charge in [-0.1, -0.05) is 6.07 Å². The summed E-state index contributed by atoms with van der Waals surface area (Å²) in [5.41, 5.74) is 5.80. The summed E-state index contributed by atoms with van der Waals surface area (Å²) in [6, 6.07) is 9.47. The molecule has 116 valence electrons. The number of aromatic carboxylic acids is 1. The van der Waals surface area contributed by atoms with Gasteiger partial charge in [0.15, 0.2) is 0 Å². The zero-order valence-electron chi connectivity index (χ0n) is 12.7. The van der Waals surface area contributed by atoms with Crippen LogP contribution in [0.15, 0.2) is 42.2 Å². The van der Waals surface area contributed by atoms with E-state index in [2.05, 4.69) is 16.0 Å². The van der Waals surface area contributed by atoms with Crippen LogP contribution in [-0.4, -0.2) is 22.2 Å². The molecule has 1 aromatic heterocycles. The number of nitrogens with one attached hydrogen (secondary N) is 1. The number of hydrogen-bond acceptors (Lipinski definition) is 2. The van der Waals surface area contributed by atoms with Crippen molar-refractivity contribution in [2.24, 2.45) is 0 Å². The highest BCUT2D eigenvalue weighted by molar-refractivity contribution is 5.94. The van der Waals surface area contributed by atoms with Crippen molar-refractivity contribution in [1.29, 1.82) is 0 Å². The van der Waals surface area contributed by atoms with E-state index in [1.165, 1.54) is 12.1 Å². The molecule has 2 N–H and O–H groups in total. The summed E-state index contributed by atoms with van der Waals surface area (Å²) in [5, 5.41) is 12.9. The lowest BCUT2D eigenvalue weighted by Gasteiger charge is -2.22. The number of piperidine rings is 1. The summed E-state index contributed by atoms with van der Waals surface area (Å²) in [6.07, 6.45) is 9.44. The van der Waals surface area contributed by atoms with Gasteiger partial charge in [0.25, 0.3) is 0 Å². The highest BCUT2D eigenvalue weighted by atomic mass is 16.4. The molecule has 2 aliphatic heterocycles. The Kier molecular flexibility index (Phi) is 3.30. The van der Waals surface area contributed by atoms with Crippen LogP contribution in [0.25, 0.3) is 17.8 Å². The van der Waals surface area contributed by atoms with E-state index in [-0.39, 0.29) is 0 Å². The molecule has 0 bridgehead atoms. The first-order valence-electron chi connectivity index (χ1n) is 7.94. The maximum absolute atomic E-state index is 11.4. The molecule has 0 saturated carbocycles. The first-order chi connectivity index (χ1) is 11.2. The van der Waals surface area contributed by atoms with Crippen molar-refractivity contribution in [3.63, 3.8) is 0 Å². The smallest absolute Gasteiger partial charge is 0.335 e. The molecule has 3 heterocycles. The average molecular weight is 306 g/mol. The monoisotopic (exact) mass is 306 g/mol. The first kappa shape index (κ1) is 13.9. The van der Waals surface area contributed by atoms with E-state index in [0.717, 1.165) is 41.8 Å². The predicted octanol–water partition coefficient (Wildman–Crippen LogP) is 3.66. The SMILES string of the molecule is O=C(O)c1ccc2c(c1)/C(=C1/CCCCN1)c1cccn1C=C2. The van der Waals surface area contributed by atoms with Crippen molar-refractivity contribution in [1.82, 2.24) is 9.88 Å². The lowest BCUT2D eigenvalue weighted by atomic mass is 9.91. The van der Waals surface area contributed by atoms with Crippen molar-refractivity contribution in [2.45, 2.75) is 19.3 Å². The van der Waals surface area contributed by atoms with Gasteiger partial charge in [-0.15, -0.1) is 0 Å². The summed E-state index contributed by atoms with van der Waals surface area (Å²) in [6.45, 7) is 0.973. The Hall–Kier alpha value is -2.75. The Morgan fingerprint density at radius 3 is 2.91 bits per heavy atom. The molecule has 23 heavy (non-hydrogen) atoms. The minimum absolute atomic E-state index is 0.325. The van der Waals surface area contributed by atoms with E-state index >= 15 is 0 Å². The predicted molar refractivity (Wildman–Crippen MR) is 90.9 cm³/mol. The van der Waals surface area contributed by atoms with Gasteiger partial charge in [0.05, 0.1) is 11.3 Å². The molecule has 0 radical (unpaired) electrons. The van der Waals surface area contributed by atoms with Crippen LogP contribution < -0.4 is 5.32 Å². The van der Waals surface area contributed by atoms with Crippen molar-refractivity contribution < 1.29 is 9.90 Å². The Bertz CT molecular complexity index is 835. The molecular formula is C19H18N2O2. The molecule has 2 aliphatic rings. The molecule has 0 spiro atoms. The van der Waals surface area contributed by atoms with Crippen molar-refractivity contribution >= 4 is 23.8 Å². The third kappa shape index (κ3) is 2.36. The van der Waals surface area contributed by atoms with E-state index in [4.69, 9.17) is 0 Å². The maximum Gasteiger partial charge on any atom is 0.335 e. The number of allylic oxidation sites excluding steroid dienone is 1. The molecule has 0 amide bonds. The molecule has 0 aliphatic carbocycles. The fraction of sp³-hybridized carbons (Fsp3) is 0.211. The summed E-state index contributed by atoms with van der Waals surface area (Å²) in [7, 11) is 0. The highest BCUT2D eigenvalue weighted by Crippen LogP contribution is 2.35. The maximum atomic E-state index is 11.4. The van der Waals surface area contributed by atoms with Gasteiger partial charge in [-0.05, 0) is 60.7 Å². The summed E-state index contributed by atoms with van der Waals surface area (Å²) in [4.78, 5) is 11.4. The first-order valence-corrected chi connectivity index (χ1v) is 7.94. The summed E-state index contributed by atoms with van der Waals surface area (Å²) < 4.78 is 2.10. The van der Waals surface area contributed by atoms with E-state index in [1.807, 2.05) is 30.6 Å². The number of carbonyl (C=O) groups is 1. The van der Waals surface area contributed by atoms with Gasteiger partial charge < -0.3 is 15.0 Å². The molecule has 1 saturated heterocycles. The van der Waals surface area contributed by atoms with Crippen LogP contribution in [0.4, 0.5) is 0 Å². The van der Waals surface area contributed by atoms with Crippen LogP contribution in [0.1, 0.15) is 46.4 Å². The van der Waals surface area contributed by atoms with E-state index in [1.54, 1.807) is 12.1 Å². The number of hydrogen-bond donors (Lipinski definition) is 2. The van der Waals surface area contributed by atoms with Gasteiger partial charge in [-0.25, -0.2) is 4.79 Å². The van der Waals surface area contributed by atoms with E-state index in [0.29, 0.717) is 5.56 Å². The topological polar surface area (TPSA) is 54.3 Å². The van der Waals surface area contributed by atoms with Crippen molar-refractivity contribution in [3.8, 4) is 0 Å². The largest absolute Gasteiger partial charge is 0.478 e. The molecule has 2 aromatic rings. The van der Waals surface area contributed by atoms with Crippen LogP contribution in [-0.2, 0) is 0 Å². The van der Waals surface area contributed by atoms with Gasteiger partial charge in [0.1, 0.15) is 0 Å². The second kappa shape index (κ2) is 5.47. The Balaban J connectivity index is 1.99. The zero-order chi connectivity index (χ0) is 15.8. The molecule has 4 rings (SSSR count). The fourth-order valence-electron chi connectivity index (χ4n) is 3.37. The molecule has 0 unspecified atom stereocenters. The zero-order valence-corrected chi connectivity index (χ0v) is 12.7. The second-order valence-corrected chi connectivity index (χ2v) is 5.96. The fourth-order valence-corrected chi connectivity index (χ4v) is 3.37. The number of nitrogens with zero attached hydrogens (tertiary/aromatic N) is 1. The Morgan fingerprint density at radius 1 is 1.22 bits per heavy atom. The average Bonchev–Trinajstić information content (AvgIpc) is 2.97. The number of carboxylic acid groups (broad SMARTS) is 1. The Morgan fingerprint density at radius 2 is 2.13 bits per heavy atom. The van der Waals surface area contributed by atoms with E-state index in [9.17, 15) is 9.90 Å². The minimum Gasteiger partial charge on any atom is -0.478 e. The third-order valence-corrected chi connectivity index (χ3v) is 4.51. The van der Waals surface area contributed by atoms with Gasteiger partial charge in [-0.3, -0.25) is 0 Å². The number of fused-ring (bicyclic) bond motifs is 2. The quantitative estimate of drug-likeness (QED) is 0.721. The normalized spacial score (nSPS) is 19.5.